The number of carbonyl (C=O) groups excluding carboxylic acids is 1. The summed E-state index contributed by atoms with van der Waals surface area (Å²) in [6.45, 7) is 5.86. The number of hydrogen-bond donors (Lipinski definition) is 0. The van der Waals surface area contributed by atoms with Crippen LogP contribution in [-0.2, 0) is 11.3 Å². The van der Waals surface area contributed by atoms with Gasteiger partial charge in [0, 0.05) is 18.3 Å². The Morgan fingerprint density at radius 2 is 2.18 bits per heavy atom. The van der Waals surface area contributed by atoms with E-state index in [1.807, 2.05) is 20.8 Å². The second-order valence-electron chi connectivity index (χ2n) is 4.80. The zero-order valence-electron chi connectivity index (χ0n) is 10.5. The summed E-state index contributed by atoms with van der Waals surface area (Å²) in [5, 5.41) is 0.604. The number of pyridine rings is 1. The van der Waals surface area contributed by atoms with Gasteiger partial charge in [-0.05, 0) is 32.9 Å². The molecule has 0 aromatic carbocycles. The fourth-order valence-corrected chi connectivity index (χ4v) is 1.36. The Morgan fingerprint density at radius 3 is 2.71 bits per heavy atom. The van der Waals surface area contributed by atoms with Crippen LogP contribution >= 0.6 is 11.6 Å². The van der Waals surface area contributed by atoms with Crippen molar-refractivity contribution < 1.29 is 9.53 Å². The minimum atomic E-state index is -0.493. The van der Waals surface area contributed by atoms with Crippen LogP contribution in [0.1, 0.15) is 26.5 Å². The zero-order chi connectivity index (χ0) is 13.1. The summed E-state index contributed by atoms with van der Waals surface area (Å²) in [4.78, 5) is 17.3. The smallest absolute Gasteiger partial charge is 0.410 e. The normalized spacial score (nSPS) is 11.1. The number of ether oxygens (including phenoxy) is 1. The predicted molar refractivity (Wildman–Crippen MR) is 66.9 cm³/mol. The zero-order valence-corrected chi connectivity index (χ0v) is 11.3. The van der Waals surface area contributed by atoms with E-state index in [0.717, 1.165) is 5.69 Å². The van der Waals surface area contributed by atoms with E-state index in [4.69, 9.17) is 16.3 Å². The molecule has 94 valence electrons. The second-order valence-corrected chi connectivity index (χ2v) is 5.24. The fraction of sp³-hybridized carbons (Fsp3) is 0.500. The van der Waals surface area contributed by atoms with E-state index in [1.165, 1.54) is 4.90 Å². The van der Waals surface area contributed by atoms with Crippen LogP contribution in [0.5, 0.6) is 0 Å². The molecule has 5 heteroatoms. The minimum absolute atomic E-state index is 0.371. The van der Waals surface area contributed by atoms with E-state index in [9.17, 15) is 4.79 Å². The van der Waals surface area contributed by atoms with Gasteiger partial charge in [-0.25, -0.2) is 4.79 Å². The summed E-state index contributed by atoms with van der Waals surface area (Å²) in [5.41, 5.74) is 0.235. The van der Waals surface area contributed by atoms with Gasteiger partial charge < -0.3 is 9.64 Å². The van der Waals surface area contributed by atoms with Crippen LogP contribution in [0.15, 0.2) is 18.3 Å². The maximum atomic E-state index is 11.7. The van der Waals surface area contributed by atoms with Gasteiger partial charge in [0.25, 0.3) is 0 Å². The number of aromatic nitrogens is 1. The molecule has 1 amide bonds. The summed E-state index contributed by atoms with van der Waals surface area (Å²) >= 11 is 5.84. The largest absolute Gasteiger partial charge is 0.444 e. The Kier molecular flexibility index (Phi) is 4.34. The third-order valence-electron chi connectivity index (χ3n) is 1.88. The quantitative estimate of drug-likeness (QED) is 0.817. The van der Waals surface area contributed by atoms with Crippen molar-refractivity contribution >= 4 is 17.7 Å². The molecule has 0 fully saturated rings. The predicted octanol–water partition coefficient (Wildman–Crippen LogP) is 3.10. The van der Waals surface area contributed by atoms with Gasteiger partial charge in [-0.3, -0.25) is 4.98 Å². The van der Waals surface area contributed by atoms with Gasteiger partial charge >= 0.3 is 6.09 Å². The third-order valence-corrected chi connectivity index (χ3v) is 2.12. The molecule has 1 rings (SSSR count). The summed E-state index contributed by atoms with van der Waals surface area (Å²) in [6.07, 6.45) is 1.24. The molecule has 0 aliphatic rings. The number of nitrogens with zero attached hydrogens (tertiary/aromatic N) is 2. The van der Waals surface area contributed by atoms with Crippen molar-refractivity contribution in [2.45, 2.75) is 32.9 Å². The van der Waals surface area contributed by atoms with Crippen LogP contribution in [0.3, 0.4) is 0 Å². The van der Waals surface area contributed by atoms with E-state index in [2.05, 4.69) is 4.98 Å². The van der Waals surface area contributed by atoms with Gasteiger partial charge in [0.05, 0.1) is 12.2 Å². The number of rotatable bonds is 2. The second kappa shape index (κ2) is 5.36. The summed E-state index contributed by atoms with van der Waals surface area (Å²) in [5.74, 6) is 0. The highest BCUT2D eigenvalue weighted by Gasteiger charge is 2.19. The van der Waals surface area contributed by atoms with E-state index in [-0.39, 0.29) is 6.09 Å². The van der Waals surface area contributed by atoms with Crippen LogP contribution in [0.4, 0.5) is 4.79 Å². The first-order valence-corrected chi connectivity index (χ1v) is 5.70. The first-order valence-electron chi connectivity index (χ1n) is 5.32. The van der Waals surface area contributed by atoms with E-state index in [1.54, 1.807) is 25.4 Å². The maximum absolute atomic E-state index is 11.7. The van der Waals surface area contributed by atoms with Crippen molar-refractivity contribution in [2.75, 3.05) is 7.05 Å². The lowest BCUT2D eigenvalue weighted by molar-refractivity contribution is 0.0283. The standard InChI is InChI=1S/C12H17ClN2O2/c1-12(2,3)17-11(16)15(4)8-10-7-9(13)5-6-14-10/h5-7H,8H2,1-4H3. The first-order chi connectivity index (χ1) is 7.78. The molecule has 0 spiro atoms. The highest BCUT2D eigenvalue weighted by Crippen LogP contribution is 2.12. The molecule has 1 heterocycles. The van der Waals surface area contributed by atoms with E-state index < -0.39 is 5.60 Å². The molecule has 0 bridgehead atoms. The molecule has 0 aliphatic carbocycles. The Bertz CT molecular complexity index is 402. The molecule has 0 unspecified atom stereocenters. The van der Waals surface area contributed by atoms with Crippen molar-refractivity contribution in [2.24, 2.45) is 0 Å². The lowest BCUT2D eigenvalue weighted by Gasteiger charge is -2.24. The van der Waals surface area contributed by atoms with Crippen molar-refractivity contribution in [1.29, 1.82) is 0 Å². The summed E-state index contributed by atoms with van der Waals surface area (Å²) in [6, 6.07) is 3.42. The molecule has 0 radical (unpaired) electrons. The Morgan fingerprint density at radius 1 is 1.53 bits per heavy atom. The number of amides is 1. The molecule has 0 atom stereocenters. The lowest BCUT2D eigenvalue weighted by atomic mass is 10.2. The molecule has 17 heavy (non-hydrogen) atoms. The maximum Gasteiger partial charge on any atom is 0.410 e. The number of carbonyl (C=O) groups is 1. The first kappa shape index (κ1) is 13.8. The molecule has 0 saturated carbocycles. The van der Waals surface area contributed by atoms with Gasteiger partial charge in [-0.1, -0.05) is 11.6 Å². The average molecular weight is 257 g/mol. The van der Waals surface area contributed by atoms with E-state index >= 15 is 0 Å². The van der Waals surface area contributed by atoms with Crippen molar-refractivity contribution in [3.63, 3.8) is 0 Å². The fourth-order valence-electron chi connectivity index (χ4n) is 1.18. The topological polar surface area (TPSA) is 42.4 Å². The molecular weight excluding hydrogens is 240 g/mol. The number of halogens is 1. The van der Waals surface area contributed by atoms with Crippen LogP contribution in [0.25, 0.3) is 0 Å². The van der Waals surface area contributed by atoms with Crippen LogP contribution < -0.4 is 0 Å². The molecule has 0 N–H and O–H groups in total. The van der Waals surface area contributed by atoms with Crippen LogP contribution in [-0.4, -0.2) is 28.6 Å². The van der Waals surface area contributed by atoms with Crippen LogP contribution in [0.2, 0.25) is 5.02 Å². The molecule has 1 aromatic rings. The Hall–Kier alpha value is -1.29. The highest BCUT2D eigenvalue weighted by atomic mass is 35.5. The minimum Gasteiger partial charge on any atom is -0.444 e. The van der Waals surface area contributed by atoms with Gasteiger partial charge in [-0.15, -0.1) is 0 Å². The van der Waals surface area contributed by atoms with Crippen molar-refractivity contribution in [1.82, 2.24) is 9.88 Å². The van der Waals surface area contributed by atoms with Gasteiger partial charge in [-0.2, -0.15) is 0 Å². The van der Waals surface area contributed by atoms with E-state index in [0.29, 0.717) is 11.6 Å². The van der Waals surface area contributed by atoms with Crippen molar-refractivity contribution in [3.05, 3.63) is 29.0 Å². The summed E-state index contributed by atoms with van der Waals surface area (Å²) < 4.78 is 5.23. The van der Waals surface area contributed by atoms with Crippen molar-refractivity contribution in [3.8, 4) is 0 Å². The lowest BCUT2D eigenvalue weighted by Crippen LogP contribution is -2.34. The Labute approximate surface area is 107 Å². The van der Waals surface area contributed by atoms with Gasteiger partial charge in [0.2, 0.25) is 0 Å². The molecule has 0 saturated heterocycles. The molecule has 0 aliphatic heterocycles. The summed E-state index contributed by atoms with van der Waals surface area (Å²) in [7, 11) is 1.66. The number of hydrogen-bond acceptors (Lipinski definition) is 3. The molecule has 4 nitrogen and oxygen atoms in total. The monoisotopic (exact) mass is 256 g/mol. The van der Waals surface area contributed by atoms with Gasteiger partial charge in [0.15, 0.2) is 0 Å². The van der Waals surface area contributed by atoms with Gasteiger partial charge in [0.1, 0.15) is 5.60 Å². The SMILES string of the molecule is CN(Cc1cc(Cl)ccn1)C(=O)OC(C)(C)C. The average Bonchev–Trinajstić information content (AvgIpc) is 2.14. The molecule has 1 aromatic heterocycles. The Balaban J connectivity index is 2.60. The van der Waals surface area contributed by atoms with Crippen LogP contribution in [0, 0.1) is 0 Å². The molecular formula is C12H17ClN2O2. The third kappa shape index (κ3) is 5.04. The highest BCUT2D eigenvalue weighted by molar-refractivity contribution is 6.30.